The van der Waals surface area contributed by atoms with Crippen LogP contribution < -0.4 is 0 Å². The minimum Gasteiger partial charge on any atom is -0.290 e. The van der Waals surface area contributed by atoms with Gasteiger partial charge in [0.1, 0.15) is 5.82 Å². The maximum Gasteiger partial charge on any atom is 0.217 e. The van der Waals surface area contributed by atoms with Gasteiger partial charge < -0.3 is 0 Å². The number of nitrogens with zero attached hydrogens (tertiary/aromatic N) is 6. The summed E-state index contributed by atoms with van der Waals surface area (Å²) in [5.41, 5.74) is 4.21. The fraction of sp³-hybridized carbons (Fsp3) is 0.407. The molecule has 35 heavy (non-hydrogen) atoms. The van der Waals surface area contributed by atoms with E-state index in [0.717, 1.165) is 60.2 Å². The van der Waals surface area contributed by atoms with Gasteiger partial charge in [0.2, 0.25) is 11.6 Å². The summed E-state index contributed by atoms with van der Waals surface area (Å²) in [7, 11) is 0. The van der Waals surface area contributed by atoms with E-state index < -0.39 is 0 Å². The predicted octanol–water partition coefficient (Wildman–Crippen LogP) is 5.45. The lowest BCUT2D eigenvalue weighted by Crippen LogP contribution is -2.19. The lowest BCUT2D eigenvalue weighted by molar-refractivity contribution is 0.0878. The van der Waals surface area contributed by atoms with E-state index in [-0.39, 0.29) is 17.7 Å². The summed E-state index contributed by atoms with van der Waals surface area (Å²) in [4.78, 5) is 17.9. The van der Waals surface area contributed by atoms with Crippen LogP contribution in [-0.2, 0) is 6.42 Å². The maximum absolute atomic E-state index is 13.1. The average Bonchev–Trinajstić information content (AvgIpc) is 3.60. The number of carbonyl (C=O) groups excluding carboxylic acids is 1. The quantitative estimate of drug-likeness (QED) is 0.344. The molecule has 0 spiro atoms. The van der Waals surface area contributed by atoms with Crippen molar-refractivity contribution in [2.24, 2.45) is 5.92 Å². The molecule has 0 saturated heterocycles. The molecule has 1 saturated carbocycles. The van der Waals surface area contributed by atoms with Crippen molar-refractivity contribution in [3.05, 3.63) is 65.7 Å². The molecular weight excluding hydrogens is 438 g/mol. The second kappa shape index (κ2) is 10.3. The lowest BCUT2D eigenvalue weighted by atomic mass is 9.86. The van der Waals surface area contributed by atoms with Gasteiger partial charge in [-0.05, 0) is 53.3 Å². The number of hydrogen-bond acceptors (Lipinski definition) is 6. The molecule has 1 aliphatic rings. The molecule has 4 aromatic rings. The number of aromatic nitrogens is 7. The molecule has 0 radical (unpaired) electrons. The third-order valence-corrected chi connectivity index (χ3v) is 7.06. The van der Waals surface area contributed by atoms with Crippen LogP contribution in [0.4, 0.5) is 0 Å². The van der Waals surface area contributed by atoms with Crippen molar-refractivity contribution in [2.45, 2.75) is 64.8 Å². The fourth-order valence-corrected chi connectivity index (χ4v) is 4.85. The highest BCUT2D eigenvalue weighted by atomic mass is 16.1. The average molecular weight is 470 g/mol. The summed E-state index contributed by atoms with van der Waals surface area (Å²) >= 11 is 0. The van der Waals surface area contributed by atoms with Gasteiger partial charge in [-0.3, -0.25) is 4.79 Å². The minimum absolute atomic E-state index is 0.0725. The molecule has 0 aliphatic heterocycles. The molecule has 0 bridgehead atoms. The van der Waals surface area contributed by atoms with Crippen molar-refractivity contribution < 1.29 is 4.79 Å². The van der Waals surface area contributed by atoms with Gasteiger partial charge in [-0.1, -0.05) is 74.7 Å². The molecule has 5 rings (SSSR count). The number of Topliss-reactive ketones (excluding diaryl/α,β-unsaturated/α-hetero) is 1. The van der Waals surface area contributed by atoms with Gasteiger partial charge >= 0.3 is 0 Å². The Morgan fingerprint density at radius 2 is 1.80 bits per heavy atom. The minimum atomic E-state index is 0.0725. The topological polar surface area (TPSA) is 102 Å². The molecule has 2 aromatic carbocycles. The van der Waals surface area contributed by atoms with Crippen LogP contribution in [0.3, 0.4) is 0 Å². The van der Waals surface area contributed by atoms with Crippen LogP contribution in [0, 0.1) is 5.92 Å². The maximum atomic E-state index is 13.1. The summed E-state index contributed by atoms with van der Waals surface area (Å²) in [6.07, 6.45) is 6.94. The monoisotopic (exact) mass is 469 g/mol. The SMILES string of the molecule is CCC(C)n1nc(C(=O)C2CCCCC2)nc1Cc1ccc(-c2ccccc2-c2nnn[nH]2)cc1. The summed E-state index contributed by atoms with van der Waals surface area (Å²) in [5, 5.41) is 19.0. The van der Waals surface area contributed by atoms with Crippen LogP contribution in [0.25, 0.3) is 22.5 Å². The van der Waals surface area contributed by atoms with E-state index in [2.05, 4.69) is 64.8 Å². The van der Waals surface area contributed by atoms with E-state index in [1.807, 2.05) is 22.9 Å². The third kappa shape index (κ3) is 4.92. The van der Waals surface area contributed by atoms with E-state index >= 15 is 0 Å². The predicted molar refractivity (Wildman–Crippen MR) is 134 cm³/mol. The van der Waals surface area contributed by atoms with Crippen molar-refractivity contribution in [3.63, 3.8) is 0 Å². The van der Waals surface area contributed by atoms with Gasteiger partial charge in [0.15, 0.2) is 5.82 Å². The van der Waals surface area contributed by atoms with Crippen LogP contribution in [0.5, 0.6) is 0 Å². The van der Waals surface area contributed by atoms with Crippen LogP contribution in [0.2, 0.25) is 0 Å². The number of rotatable bonds is 8. The fourth-order valence-electron chi connectivity index (χ4n) is 4.85. The Labute approximate surface area is 205 Å². The molecule has 8 heteroatoms. The molecule has 2 heterocycles. The zero-order valence-electron chi connectivity index (χ0n) is 20.3. The first kappa shape index (κ1) is 23.1. The first-order valence-electron chi connectivity index (χ1n) is 12.6. The van der Waals surface area contributed by atoms with Crippen molar-refractivity contribution in [1.82, 2.24) is 35.4 Å². The largest absolute Gasteiger partial charge is 0.290 e. The van der Waals surface area contributed by atoms with Crippen molar-refractivity contribution in [1.29, 1.82) is 0 Å². The molecule has 0 amide bonds. The number of carbonyl (C=O) groups is 1. The normalized spacial score (nSPS) is 15.3. The number of ketones is 1. The number of benzene rings is 2. The molecule has 8 nitrogen and oxygen atoms in total. The molecule has 1 fully saturated rings. The van der Waals surface area contributed by atoms with Gasteiger partial charge in [0.05, 0.1) is 6.04 Å². The summed E-state index contributed by atoms with van der Waals surface area (Å²) in [6, 6.07) is 16.7. The van der Waals surface area contributed by atoms with Crippen molar-refractivity contribution in [3.8, 4) is 22.5 Å². The number of aromatic amines is 1. The first-order valence-corrected chi connectivity index (χ1v) is 12.6. The Morgan fingerprint density at radius 1 is 1.06 bits per heavy atom. The van der Waals surface area contributed by atoms with E-state index in [4.69, 9.17) is 10.1 Å². The van der Waals surface area contributed by atoms with Crippen molar-refractivity contribution in [2.75, 3.05) is 0 Å². The third-order valence-electron chi connectivity index (χ3n) is 7.06. The smallest absolute Gasteiger partial charge is 0.217 e. The molecule has 1 N–H and O–H groups in total. The summed E-state index contributed by atoms with van der Waals surface area (Å²) in [5.74, 6) is 2.06. The highest BCUT2D eigenvalue weighted by molar-refractivity contribution is 5.94. The summed E-state index contributed by atoms with van der Waals surface area (Å²) < 4.78 is 1.95. The second-order valence-electron chi connectivity index (χ2n) is 9.42. The Bertz CT molecular complexity index is 1270. The van der Waals surface area contributed by atoms with Crippen LogP contribution in [0.15, 0.2) is 48.5 Å². The highest BCUT2D eigenvalue weighted by Crippen LogP contribution is 2.30. The molecule has 180 valence electrons. The van der Waals surface area contributed by atoms with Gasteiger partial charge in [-0.15, -0.1) is 10.2 Å². The van der Waals surface area contributed by atoms with Crippen LogP contribution in [0.1, 0.15) is 80.4 Å². The van der Waals surface area contributed by atoms with Crippen LogP contribution in [-0.4, -0.2) is 41.2 Å². The molecule has 2 aromatic heterocycles. The van der Waals surface area contributed by atoms with Crippen LogP contribution >= 0.6 is 0 Å². The summed E-state index contributed by atoms with van der Waals surface area (Å²) in [6.45, 7) is 4.26. The van der Waals surface area contributed by atoms with Gasteiger partial charge in [-0.25, -0.2) is 14.8 Å². The van der Waals surface area contributed by atoms with Crippen molar-refractivity contribution >= 4 is 5.78 Å². The number of H-pyrrole nitrogens is 1. The Morgan fingerprint density at radius 3 is 2.49 bits per heavy atom. The lowest BCUT2D eigenvalue weighted by Gasteiger charge is -2.18. The second-order valence-corrected chi connectivity index (χ2v) is 9.42. The first-order chi connectivity index (χ1) is 17.1. The molecule has 1 aliphatic carbocycles. The highest BCUT2D eigenvalue weighted by Gasteiger charge is 2.27. The Hall–Kier alpha value is -3.68. The van der Waals surface area contributed by atoms with E-state index in [0.29, 0.717) is 18.1 Å². The number of nitrogens with one attached hydrogen (secondary N) is 1. The van der Waals surface area contributed by atoms with E-state index in [1.165, 1.54) is 6.42 Å². The van der Waals surface area contributed by atoms with Gasteiger partial charge in [0, 0.05) is 17.9 Å². The zero-order chi connectivity index (χ0) is 24.2. The van der Waals surface area contributed by atoms with E-state index in [1.54, 1.807) is 0 Å². The zero-order valence-corrected chi connectivity index (χ0v) is 20.3. The molecular formula is C27H31N7O. The number of hydrogen-bond donors (Lipinski definition) is 1. The Balaban J connectivity index is 1.40. The van der Waals surface area contributed by atoms with Gasteiger partial charge in [0.25, 0.3) is 0 Å². The van der Waals surface area contributed by atoms with Gasteiger partial charge in [-0.2, -0.15) is 0 Å². The molecule has 1 atom stereocenters. The number of tetrazole rings is 1. The standard InChI is InChI=1S/C27H31N7O/c1-3-18(2)34-24(28-27(31-34)25(35)21-9-5-4-6-10-21)17-19-13-15-20(16-14-19)22-11-7-8-12-23(22)26-29-32-33-30-26/h7-8,11-16,18,21H,3-6,9-10,17H2,1-2H3,(H,29,30,32,33). The van der Waals surface area contributed by atoms with E-state index in [9.17, 15) is 4.79 Å². The molecule has 1 unspecified atom stereocenters. The Kier molecular flexibility index (Phi) is 6.79.